The van der Waals surface area contributed by atoms with Gasteiger partial charge in [-0.1, -0.05) is 23.2 Å². The molecule has 2 heterocycles. The topological polar surface area (TPSA) is 32.7 Å². The van der Waals surface area contributed by atoms with Crippen LogP contribution in [0, 0.1) is 0 Å². The van der Waals surface area contributed by atoms with E-state index in [1.54, 1.807) is 12.1 Å². The van der Waals surface area contributed by atoms with Crippen molar-refractivity contribution in [2.75, 3.05) is 19.7 Å². The SMILES string of the molecule is OC(Cc1cc(Cl)ccc1Cl)C1CN2CCCC2CO1. The number of rotatable bonds is 3. The smallest absolute Gasteiger partial charge is 0.0964 e. The van der Waals surface area contributed by atoms with E-state index < -0.39 is 6.10 Å². The average molecular weight is 316 g/mol. The van der Waals surface area contributed by atoms with Gasteiger partial charge in [-0.2, -0.15) is 0 Å². The second-order valence-electron chi connectivity index (χ2n) is 5.67. The molecule has 0 bridgehead atoms. The summed E-state index contributed by atoms with van der Waals surface area (Å²) in [4.78, 5) is 2.43. The zero-order chi connectivity index (χ0) is 14.1. The van der Waals surface area contributed by atoms with E-state index in [-0.39, 0.29) is 6.10 Å². The summed E-state index contributed by atoms with van der Waals surface area (Å²) in [7, 11) is 0. The van der Waals surface area contributed by atoms with E-state index >= 15 is 0 Å². The summed E-state index contributed by atoms with van der Waals surface area (Å²) < 4.78 is 5.83. The van der Waals surface area contributed by atoms with Crippen LogP contribution in [-0.4, -0.2) is 48.0 Å². The van der Waals surface area contributed by atoms with Crippen LogP contribution in [0.5, 0.6) is 0 Å². The Balaban J connectivity index is 1.64. The zero-order valence-corrected chi connectivity index (χ0v) is 12.8. The van der Waals surface area contributed by atoms with E-state index in [1.807, 2.05) is 6.07 Å². The molecule has 2 fully saturated rings. The molecule has 110 valence electrons. The van der Waals surface area contributed by atoms with Crippen molar-refractivity contribution in [3.05, 3.63) is 33.8 Å². The third-order valence-corrected chi connectivity index (χ3v) is 4.89. The van der Waals surface area contributed by atoms with Crippen LogP contribution in [0.2, 0.25) is 10.0 Å². The van der Waals surface area contributed by atoms with E-state index in [4.69, 9.17) is 27.9 Å². The quantitative estimate of drug-likeness (QED) is 0.931. The lowest BCUT2D eigenvalue weighted by atomic mass is 10.0. The molecule has 0 radical (unpaired) electrons. The molecule has 2 saturated heterocycles. The fraction of sp³-hybridized carbons (Fsp3) is 0.600. The summed E-state index contributed by atoms with van der Waals surface area (Å²) in [6.07, 6.45) is 2.23. The van der Waals surface area contributed by atoms with Gasteiger partial charge in [0.2, 0.25) is 0 Å². The summed E-state index contributed by atoms with van der Waals surface area (Å²) in [5.74, 6) is 0. The number of fused-ring (bicyclic) bond motifs is 1. The maximum absolute atomic E-state index is 10.4. The number of nitrogens with zero attached hydrogens (tertiary/aromatic N) is 1. The molecule has 1 aromatic rings. The Kier molecular flexibility index (Phi) is 4.53. The number of hydrogen-bond donors (Lipinski definition) is 1. The maximum Gasteiger partial charge on any atom is 0.0964 e. The zero-order valence-electron chi connectivity index (χ0n) is 11.3. The van der Waals surface area contributed by atoms with Crippen molar-refractivity contribution in [3.63, 3.8) is 0 Å². The highest BCUT2D eigenvalue weighted by Gasteiger charge is 2.35. The minimum absolute atomic E-state index is 0.139. The van der Waals surface area contributed by atoms with Gasteiger partial charge in [-0.25, -0.2) is 0 Å². The molecule has 3 rings (SSSR count). The lowest BCUT2D eigenvalue weighted by molar-refractivity contribution is -0.101. The molecule has 0 aliphatic carbocycles. The monoisotopic (exact) mass is 315 g/mol. The molecule has 20 heavy (non-hydrogen) atoms. The second-order valence-corrected chi connectivity index (χ2v) is 6.51. The van der Waals surface area contributed by atoms with E-state index in [0.29, 0.717) is 22.5 Å². The minimum Gasteiger partial charge on any atom is -0.390 e. The lowest BCUT2D eigenvalue weighted by Gasteiger charge is -2.37. The van der Waals surface area contributed by atoms with Crippen LogP contribution >= 0.6 is 23.2 Å². The predicted octanol–water partition coefficient (Wildman–Crippen LogP) is 2.76. The average Bonchev–Trinajstić information content (AvgIpc) is 2.90. The van der Waals surface area contributed by atoms with Crippen molar-refractivity contribution in [2.45, 2.75) is 37.5 Å². The van der Waals surface area contributed by atoms with Gasteiger partial charge in [-0.05, 0) is 43.1 Å². The van der Waals surface area contributed by atoms with Gasteiger partial charge in [0.1, 0.15) is 0 Å². The Morgan fingerprint density at radius 1 is 1.40 bits per heavy atom. The van der Waals surface area contributed by atoms with Gasteiger partial charge in [0, 0.05) is 29.1 Å². The molecule has 0 spiro atoms. The molecule has 3 unspecified atom stereocenters. The Morgan fingerprint density at radius 2 is 2.25 bits per heavy atom. The minimum atomic E-state index is -0.549. The Bertz CT molecular complexity index is 483. The van der Waals surface area contributed by atoms with Gasteiger partial charge in [0.25, 0.3) is 0 Å². The van der Waals surface area contributed by atoms with Crippen LogP contribution in [-0.2, 0) is 11.2 Å². The van der Waals surface area contributed by atoms with Crippen molar-refractivity contribution in [1.82, 2.24) is 4.90 Å². The summed E-state index contributed by atoms with van der Waals surface area (Å²) in [6.45, 7) is 2.66. The summed E-state index contributed by atoms with van der Waals surface area (Å²) >= 11 is 12.1. The molecule has 5 heteroatoms. The number of aliphatic hydroxyl groups is 1. The van der Waals surface area contributed by atoms with Crippen LogP contribution in [0.15, 0.2) is 18.2 Å². The van der Waals surface area contributed by atoms with Gasteiger partial charge in [0.05, 0.1) is 18.8 Å². The molecular formula is C15H19Cl2NO2. The van der Waals surface area contributed by atoms with Crippen molar-refractivity contribution >= 4 is 23.2 Å². The van der Waals surface area contributed by atoms with Crippen molar-refractivity contribution in [2.24, 2.45) is 0 Å². The van der Waals surface area contributed by atoms with E-state index in [9.17, 15) is 5.11 Å². The normalized spacial score (nSPS) is 28.4. The van der Waals surface area contributed by atoms with Crippen LogP contribution in [0.25, 0.3) is 0 Å². The molecule has 1 N–H and O–H groups in total. The van der Waals surface area contributed by atoms with Gasteiger partial charge in [-0.15, -0.1) is 0 Å². The van der Waals surface area contributed by atoms with Crippen molar-refractivity contribution in [1.29, 1.82) is 0 Å². The van der Waals surface area contributed by atoms with Crippen LogP contribution in [0.3, 0.4) is 0 Å². The lowest BCUT2D eigenvalue weighted by Crippen LogP contribution is -2.50. The first kappa shape index (κ1) is 14.6. The highest BCUT2D eigenvalue weighted by Crippen LogP contribution is 2.27. The van der Waals surface area contributed by atoms with E-state index in [0.717, 1.165) is 25.3 Å². The number of ether oxygens (including phenoxy) is 1. The van der Waals surface area contributed by atoms with E-state index in [2.05, 4.69) is 4.90 Å². The molecule has 2 aliphatic rings. The molecule has 0 amide bonds. The number of aliphatic hydroxyl groups excluding tert-OH is 1. The summed E-state index contributed by atoms with van der Waals surface area (Å²) in [5, 5.41) is 11.7. The Hall–Kier alpha value is -0.320. The molecule has 0 aromatic heterocycles. The highest BCUT2D eigenvalue weighted by atomic mass is 35.5. The molecular weight excluding hydrogens is 297 g/mol. The van der Waals surface area contributed by atoms with E-state index in [1.165, 1.54) is 12.8 Å². The molecule has 0 saturated carbocycles. The fourth-order valence-electron chi connectivity index (χ4n) is 3.13. The Labute approximate surface area is 129 Å². The third kappa shape index (κ3) is 3.12. The molecule has 2 aliphatic heterocycles. The van der Waals surface area contributed by atoms with Crippen LogP contribution < -0.4 is 0 Å². The molecule has 1 aromatic carbocycles. The first-order valence-corrected chi connectivity index (χ1v) is 7.87. The maximum atomic E-state index is 10.4. The largest absolute Gasteiger partial charge is 0.390 e. The van der Waals surface area contributed by atoms with Gasteiger partial charge in [0.15, 0.2) is 0 Å². The van der Waals surface area contributed by atoms with Crippen molar-refractivity contribution in [3.8, 4) is 0 Å². The van der Waals surface area contributed by atoms with Gasteiger partial charge >= 0.3 is 0 Å². The highest BCUT2D eigenvalue weighted by molar-refractivity contribution is 6.33. The number of hydrogen-bond acceptors (Lipinski definition) is 3. The van der Waals surface area contributed by atoms with Crippen LogP contribution in [0.1, 0.15) is 18.4 Å². The summed E-state index contributed by atoms with van der Waals surface area (Å²) in [5.41, 5.74) is 0.874. The summed E-state index contributed by atoms with van der Waals surface area (Å²) in [6, 6.07) is 5.89. The fourth-order valence-corrected chi connectivity index (χ4v) is 3.52. The molecule has 3 nitrogen and oxygen atoms in total. The van der Waals surface area contributed by atoms with Crippen LogP contribution in [0.4, 0.5) is 0 Å². The first-order valence-electron chi connectivity index (χ1n) is 7.11. The van der Waals surface area contributed by atoms with Crippen molar-refractivity contribution < 1.29 is 9.84 Å². The third-order valence-electron chi connectivity index (χ3n) is 4.28. The Morgan fingerprint density at radius 3 is 3.10 bits per heavy atom. The number of halogens is 2. The van der Waals surface area contributed by atoms with Gasteiger partial charge < -0.3 is 9.84 Å². The molecule has 3 atom stereocenters. The predicted molar refractivity (Wildman–Crippen MR) is 80.5 cm³/mol. The number of benzene rings is 1. The van der Waals surface area contributed by atoms with Gasteiger partial charge in [-0.3, -0.25) is 4.90 Å². The second kappa shape index (κ2) is 6.20. The number of morpholine rings is 1. The standard InChI is InChI=1S/C15H19Cl2NO2/c16-11-3-4-13(17)10(6-11)7-14(19)15-8-18-5-1-2-12(18)9-20-15/h3-4,6,12,14-15,19H,1-2,5,7-9H2. The first-order chi connectivity index (χ1) is 9.63.